The van der Waals surface area contributed by atoms with Crippen molar-refractivity contribution in [3.63, 3.8) is 0 Å². The molecule has 0 aliphatic carbocycles. The van der Waals surface area contributed by atoms with Crippen LogP contribution >= 0.6 is 0 Å². The average Bonchev–Trinajstić information content (AvgIpc) is 3.55. The molecule has 0 fully saturated rings. The van der Waals surface area contributed by atoms with E-state index < -0.39 is 15.8 Å². The van der Waals surface area contributed by atoms with E-state index in [1.807, 2.05) is 25.2 Å². The number of benzene rings is 4. The van der Waals surface area contributed by atoms with Gasteiger partial charge in [0.25, 0.3) is 0 Å². The minimum atomic E-state index is -3.64. The summed E-state index contributed by atoms with van der Waals surface area (Å²) in [7, 11) is -0.355. The molecule has 0 bridgehead atoms. The lowest BCUT2D eigenvalue weighted by Crippen LogP contribution is -2.25. The Balaban J connectivity index is 1.58. The lowest BCUT2D eigenvalue weighted by Gasteiger charge is -2.21. The molecule has 2 heterocycles. The van der Waals surface area contributed by atoms with Gasteiger partial charge in [-0.25, -0.2) is 22.2 Å². The molecular formula is C31H25F2N3O4S. The van der Waals surface area contributed by atoms with E-state index in [0.29, 0.717) is 51.3 Å². The van der Waals surface area contributed by atoms with Gasteiger partial charge in [-0.1, -0.05) is 18.2 Å². The summed E-state index contributed by atoms with van der Waals surface area (Å²) < 4.78 is 66.5. The lowest BCUT2D eigenvalue weighted by molar-refractivity contribution is 0.564. The van der Waals surface area contributed by atoms with E-state index in [1.54, 1.807) is 42.5 Å². The summed E-state index contributed by atoms with van der Waals surface area (Å²) in [5.74, 6) is -0.0691. The minimum absolute atomic E-state index is 0.0650. The first-order valence-electron chi connectivity index (χ1n) is 12.7. The van der Waals surface area contributed by atoms with Crippen molar-refractivity contribution in [2.24, 2.45) is 0 Å². The van der Waals surface area contributed by atoms with Gasteiger partial charge in [0.2, 0.25) is 15.9 Å². The maximum absolute atomic E-state index is 14.3. The van der Waals surface area contributed by atoms with Crippen LogP contribution in [0, 0.1) is 11.6 Å². The van der Waals surface area contributed by atoms with Gasteiger partial charge in [-0.05, 0) is 67.2 Å². The number of hydrogen-bond acceptors (Lipinski definition) is 6. The van der Waals surface area contributed by atoms with Gasteiger partial charge in [0.05, 0.1) is 11.9 Å². The summed E-state index contributed by atoms with van der Waals surface area (Å²) in [5.41, 5.74) is 4.79. The second-order valence-corrected chi connectivity index (χ2v) is 11.7. The molecule has 6 aromatic rings. The Morgan fingerprint density at radius 2 is 1.63 bits per heavy atom. The topological polar surface area (TPSA) is 88.6 Å². The number of sulfonamides is 1. The van der Waals surface area contributed by atoms with Crippen LogP contribution in [0.1, 0.15) is 5.56 Å². The van der Waals surface area contributed by atoms with Crippen LogP contribution in [0.25, 0.3) is 56.0 Å². The maximum atomic E-state index is 14.3. The van der Waals surface area contributed by atoms with E-state index in [4.69, 9.17) is 8.83 Å². The molecule has 208 valence electrons. The molecule has 7 nitrogen and oxygen atoms in total. The number of halogens is 2. The second kappa shape index (κ2) is 10.1. The first kappa shape index (κ1) is 26.7. The third-order valence-corrected chi connectivity index (χ3v) is 8.18. The van der Waals surface area contributed by atoms with Crippen LogP contribution in [0.3, 0.4) is 0 Å². The summed E-state index contributed by atoms with van der Waals surface area (Å²) in [6, 6.07) is 21.4. The first-order chi connectivity index (χ1) is 19.6. The predicted octanol–water partition coefficient (Wildman–Crippen LogP) is 6.97. The molecule has 0 radical (unpaired) electrons. The number of nitrogens with one attached hydrogen (secondary N) is 1. The van der Waals surface area contributed by atoms with Gasteiger partial charge >= 0.3 is 0 Å². The van der Waals surface area contributed by atoms with E-state index in [2.05, 4.69) is 10.3 Å². The number of anilines is 1. The fourth-order valence-corrected chi connectivity index (χ4v) is 5.41. The van der Waals surface area contributed by atoms with Crippen LogP contribution in [-0.4, -0.2) is 33.8 Å². The molecule has 6 rings (SSSR count). The highest BCUT2D eigenvalue weighted by Gasteiger charge is 2.23. The first-order valence-corrected chi connectivity index (χ1v) is 14.6. The molecule has 0 aliphatic rings. The van der Waals surface area contributed by atoms with E-state index in [-0.39, 0.29) is 17.3 Å². The van der Waals surface area contributed by atoms with Crippen molar-refractivity contribution in [2.45, 2.75) is 6.54 Å². The molecular weight excluding hydrogens is 548 g/mol. The summed E-state index contributed by atoms with van der Waals surface area (Å²) in [5, 5.41) is 3.93. The third kappa shape index (κ3) is 4.85. The molecule has 0 saturated carbocycles. The van der Waals surface area contributed by atoms with Crippen LogP contribution in [0.2, 0.25) is 0 Å². The van der Waals surface area contributed by atoms with Gasteiger partial charge in [-0.2, -0.15) is 0 Å². The van der Waals surface area contributed by atoms with Gasteiger partial charge in [0.1, 0.15) is 22.7 Å². The number of fused-ring (bicyclic) bond motifs is 2. The number of oxazole rings is 1. The molecule has 2 aromatic heterocycles. The van der Waals surface area contributed by atoms with Crippen molar-refractivity contribution in [2.75, 3.05) is 24.7 Å². The number of aromatic nitrogens is 1. The Morgan fingerprint density at radius 1 is 0.902 bits per heavy atom. The Labute approximate surface area is 235 Å². The summed E-state index contributed by atoms with van der Waals surface area (Å²) in [6.07, 6.45) is 1.13. The highest BCUT2D eigenvalue weighted by Crippen LogP contribution is 2.42. The summed E-state index contributed by atoms with van der Waals surface area (Å²) >= 11 is 0. The van der Waals surface area contributed by atoms with Crippen LogP contribution in [0.5, 0.6) is 0 Å². The van der Waals surface area contributed by atoms with Crippen molar-refractivity contribution >= 4 is 37.8 Å². The Kier molecular flexibility index (Phi) is 6.59. The van der Waals surface area contributed by atoms with Gasteiger partial charge in [0.15, 0.2) is 11.4 Å². The zero-order valence-corrected chi connectivity index (χ0v) is 23.2. The molecule has 0 unspecified atom stereocenters. The quantitative estimate of drug-likeness (QED) is 0.222. The van der Waals surface area contributed by atoms with E-state index in [9.17, 15) is 17.2 Å². The lowest BCUT2D eigenvalue weighted by atomic mass is 9.97. The highest BCUT2D eigenvalue weighted by molar-refractivity contribution is 7.92. The standard InChI is InChI=1S/C31H25F2N3O4S/c1-34-17-24-23-15-22(19-6-4-7-20(14-19)31-35-26-9-5-8-25(33)30(26)40-31)27(36(2)41(3,37)38)16-28(23)39-29(24)18-10-12-21(32)13-11-18/h4-16,34H,17H2,1-3H3. The van der Waals surface area contributed by atoms with Crippen LogP contribution in [0.15, 0.2) is 87.7 Å². The fraction of sp³-hybridized carbons (Fsp3) is 0.129. The zero-order valence-electron chi connectivity index (χ0n) is 22.4. The maximum Gasteiger partial charge on any atom is 0.232 e. The van der Waals surface area contributed by atoms with Crippen LogP contribution < -0.4 is 9.62 Å². The zero-order chi connectivity index (χ0) is 28.9. The second-order valence-electron chi connectivity index (χ2n) is 9.73. The van der Waals surface area contributed by atoms with Crippen molar-refractivity contribution in [1.29, 1.82) is 0 Å². The summed E-state index contributed by atoms with van der Waals surface area (Å²) in [6.45, 7) is 0.453. The fourth-order valence-electron chi connectivity index (χ4n) is 4.90. The number of furan rings is 1. The number of rotatable bonds is 7. The Hall–Kier alpha value is -4.54. The average molecular weight is 574 g/mol. The minimum Gasteiger partial charge on any atom is -0.456 e. The van der Waals surface area contributed by atoms with Crippen LogP contribution in [-0.2, 0) is 16.6 Å². The normalized spacial score (nSPS) is 11.9. The van der Waals surface area contributed by atoms with E-state index >= 15 is 0 Å². The van der Waals surface area contributed by atoms with Crippen LogP contribution in [0.4, 0.5) is 14.5 Å². The van der Waals surface area contributed by atoms with Crippen molar-refractivity contribution in [3.05, 3.63) is 96.1 Å². The third-order valence-electron chi connectivity index (χ3n) is 6.99. The number of para-hydroxylation sites is 1. The Morgan fingerprint density at radius 3 is 2.34 bits per heavy atom. The van der Waals surface area contributed by atoms with Gasteiger partial charge < -0.3 is 14.2 Å². The van der Waals surface area contributed by atoms with Crippen molar-refractivity contribution in [1.82, 2.24) is 10.3 Å². The predicted molar refractivity (Wildman–Crippen MR) is 156 cm³/mol. The molecule has 4 aromatic carbocycles. The molecule has 0 spiro atoms. The van der Waals surface area contributed by atoms with Gasteiger partial charge in [0, 0.05) is 47.3 Å². The highest BCUT2D eigenvalue weighted by atomic mass is 32.2. The Bertz CT molecular complexity index is 2030. The molecule has 10 heteroatoms. The molecule has 0 atom stereocenters. The molecule has 0 saturated heterocycles. The van der Waals surface area contributed by atoms with Gasteiger partial charge in [-0.15, -0.1) is 0 Å². The number of nitrogens with zero attached hydrogens (tertiary/aromatic N) is 2. The number of hydrogen-bond donors (Lipinski definition) is 1. The van der Waals surface area contributed by atoms with E-state index in [1.165, 1.54) is 29.6 Å². The summed E-state index contributed by atoms with van der Waals surface area (Å²) in [4.78, 5) is 4.44. The SMILES string of the molecule is CNCc1c(-c2ccc(F)cc2)oc2cc(N(C)S(C)(=O)=O)c(-c3cccc(-c4nc5cccc(F)c5o4)c3)cc12. The molecule has 41 heavy (non-hydrogen) atoms. The monoisotopic (exact) mass is 573 g/mol. The van der Waals surface area contributed by atoms with Gasteiger partial charge in [-0.3, -0.25) is 4.31 Å². The molecule has 1 N–H and O–H groups in total. The van der Waals surface area contributed by atoms with E-state index in [0.717, 1.165) is 17.2 Å². The van der Waals surface area contributed by atoms with Crippen molar-refractivity contribution < 1.29 is 26.0 Å². The van der Waals surface area contributed by atoms with Crippen molar-refractivity contribution in [3.8, 4) is 33.9 Å². The molecule has 0 aliphatic heterocycles. The molecule has 0 amide bonds. The smallest absolute Gasteiger partial charge is 0.232 e. The largest absolute Gasteiger partial charge is 0.456 e.